The molecule has 0 fully saturated rings. The number of carbonyl (C=O) groups is 1. The number of rotatable bonds is 5. The van der Waals surface area contributed by atoms with Crippen molar-refractivity contribution in [2.24, 2.45) is 5.73 Å². The molecule has 72 valence electrons. The summed E-state index contributed by atoms with van der Waals surface area (Å²) in [5.41, 5.74) is 4.63. The van der Waals surface area contributed by atoms with Crippen molar-refractivity contribution in [3.8, 4) is 0 Å². The van der Waals surface area contributed by atoms with Gasteiger partial charge in [0.1, 0.15) is 11.3 Å². The summed E-state index contributed by atoms with van der Waals surface area (Å²) in [4.78, 5) is 10.0. The van der Waals surface area contributed by atoms with Crippen LogP contribution in [0.25, 0.3) is 0 Å². The fourth-order valence-electron chi connectivity index (χ4n) is 0.387. The Balaban J connectivity index is 3.51. The van der Waals surface area contributed by atoms with E-state index < -0.39 is 16.1 Å². The van der Waals surface area contributed by atoms with Gasteiger partial charge in [-0.15, -0.1) is 0 Å². The Morgan fingerprint density at radius 1 is 1.58 bits per heavy atom. The van der Waals surface area contributed by atoms with Crippen molar-refractivity contribution in [1.82, 2.24) is 4.72 Å². The Labute approximate surface area is 78.6 Å². The number of alkyl halides is 1. The molecule has 0 heterocycles. The highest BCUT2D eigenvalue weighted by molar-refractivity contribution is 9.10. The van der Waals surface area contributed by atoms with Gasteiger partial charge in [0, 0.05) is 6.54 Å². The third kappa shape index (κ3) is 6.38. The second kappa shape index (κ2) is 5.33. The van der Waals surface area contributed by atoms with E-state index in [1.807, 2.05) is 0 Å². The van der Waals surface area contributed by atoms with Gasteiger partial charge in [-0.1, -0.05) is 15.9 Å². The van der Waals surface area contributed by atoms with E-state index in [2.05, 4.69) is 31.1 Å². The maximum atomic E-state index is 10.7. The molecule has 3 N–H and O–H groups in total. The van der Waals surface area contributed by atoms with E-state index in [4.69, 9.17) is 0 Å². The zero-order valence-corrected chi connectivity index (χ0v) is 8.52. The summed E-state index contributed by atoms with van der Waals surface area (Å²) >= 11 is 2.77. The van der Waals surface area contributed by atoms with Crippen LogP contribution >= 0.6 is 15.9 Å². The van der Waals surface area contributed by atoms with Crippen LogP contribution in [0.15, 0.2) is 0 Å². The molecule has 0 aromatic rings. The molecule has 8 heteroatoms. The number of halogens is 1. The lowest BCUT2D eigenvalue weighted by Gasteiger charge is -2.02. The van der Waals surface area contributed by atoms with Gasteiger partial charge < -0.3 is 10.5 Å². The van der Waals surface area contributed by atoms with Gasteiger partial charge in [-0.3, -0.25) is 0 Å². The number of hydrogen-bond donors (Lipinski definition) is 2. The molecule has 1 amide bonds. The first-order valence-electron chi connectivity index (χ1n) is 2.93. The predicted octanol–water partition coefficient (Wildman–Crippen LogP) is -0.646. The topological polar surface area (TPSA) is 98.5 Å². The Hall–Kier alpha value is -0.340. The van der Waals surface area contributed by atoms with Gasteiger partial charge in [-0.2, -0.15) is 0 Å². The highest BCUT2D eigenvalue weighted by Gasteiger charge is 2.05. The third-order valence-electron chi connectivity index (χ3n) is 0.812. The van der Waals surface area contributed by atoms with Crippen LogP contribution in [0.5, 0.6) is 0 Å². The predicted molar refractivity (Wildman–Crippen MR) is 46.3 cm³/mol. The third-order valence-corrected chi connectivity index (χ3v) is 3.55. The largest absolute Gasteiger partial charge is 0.448 e. The number of ether oxygens (including phenoxy) is 1. The average Bonchev–Trinajstić information content (AvgIpc) is 1.98. The van der Waals surface area contributed by atoms with Gasteiger partial charge >= 0.3 is 6.09 Å². The van der Waals surface area contributed by atoms with Crippen molar-refractivity contribution in [2.75, 3.05) is 17.8 Å². The Morgan fingerprint density at radius 2 is 2.17 bits per heavy atom. The summed E-state index contributed by atoms with van der Waals surface area (Å²) in [7, 11) is -3.28. The maximum Gasteiger partial charge on any atom is 0.404 e. The van der Waals surface area contributed by atoms with Crippen LogP contribution < -0.4 is 10.5 Å². The molecule has 0 atom stereocenters. The van der Waals surface area contributed by atoms with E-state index in [0.29, 0.717) is 0 Å². The van der Waals surface area contributed by atoms with Crippen molar-refractivity contribution in [2.45, 2.75) is 0 Å². The highest BCUT2D eigenvalue weighted by atomic mass is 79.9. The molecule has 0 radical (unpaired) electrons. The Kier molecular flexibility index (Phi) is 5.18. The lowest BCUT2D eigenvalue weighted by Crippen LogP contribution is -2.29. The van der Waals surface area contributed by atoms with Crippen LogP contribution in [-0.4, -0.2) is 32.3 Å². The lowest BCUT2D eigenvalue weighted by molar-refractivity contribution is 0.159. The van der Waals surface area contributed by atoms with Gasteiger partial charge in [0.05, 0.1) is 0 Å². The molecule has 6 nitrogen and oxygen atoms in total. The van der Waals surface area contributed by atoms with E-state index in [1.54, 1.807) is 0 Å². The fraction of sp³-hybridized carbons (Fsp3) is 0.750. The molecular weight excluding hydrogens is 252 g/mol. The SMILES string of the molecule is NC(=O)OCCNS(=O)(=O)CBr. The van der Waals surface area contributed by atoms with Gasteiger partial charge in [0.2, 0.25) is 10.0 Å². The van der Waals surface area contributed by atoms with Gasteiger partial charge in [0.15, 0.2) is 0 Å². The summed E-state index contributed by atoms with van der Waals surface area (Å²) in [5, 5.41) is 0. The Morgan fingerprint density at radius 3 is 2.58 bits per heavy atom. The number of hydrogen-bond acceptors (Lipinski definition) is 4. The molecule has 0 bridgehead atoms. The van der Waals surface area contributed by atoms with Gasteiger partial charge in [0.25, 0.3) is 0 Å². The van der Waals surface area contributed by atoms with Crippen LogP contribution in [0.3, 0.4) is 0 Å². The minimum absolute atomic E-state index is 0.0247. The number of carbonyl (C=O) groups excluding carboxylic acids is 1. The number of primary amides is 1. The van der Waals surface area contributed by atoms with Crippen molar-refractivity contribution in [1.29, 1.82) is 0 Å². The molecular formula is C4H9BrN2O4S. The number of nitrogens with two attached hydrogens (primary N) is 1. The monoisotopic (exact) mass is 260 g/mol. The molecule has 0 rings (SSSR count). The van der Waals surface area contributed by atoms with E-state index in [0.717, 1.165) is 0 Å². The quantitative estimate of drug-likeness (QED) is 0.507. The highest BCUT2D eigenvalue weighted by Crippen LogP contribution is 1.89. The lowest BCUT2D eigenvalue weighted by atomic mass is 10.7. The molecule has 0 saturated heterocycles. The van der Waals surface area contributed by atoms with Gasteiger partial charge in [-0.05, 0) is 0 Å². The van der Waals surface area contributed by atoms with E-state index in [9.17, 15) is 13.2 Å². The zero-order chi connectivity index (χ0) is 9.61. The van der Waals surface area contributed by atoms with Crippen molar-refractivity contribution in [3.05, 3.63) is 0 Å². The first-order chi connectivity index (χ1) is 5.48. The van der Waals surface area contributed by atoms with Crippen molar-refractivity contribution < 1.29 is 17.9 Å². The second-order valence-corrected chi connectivity index (χ2v) is 4.90. The first kappa shape index (κ1) is 11.7. The fourth-order valence-corrected chi connectivity index (χ4v) is 1.34. The summed E-state index contributed by atoms with van der Waals surface area (Å²) in [5.74, 6) is 0. The minimum Gasteiger partial charge on any atom is -0.448 e. The number of amides is 1. The standard InChI is InChI=1S/C4H9BrN2O4S/c5-3-12(9,10)7-1-2-11-4(6)8/h7H,1-3H2,(H2,6,8). The number of nitrogens with one attached hydrogen (secondary N) is 1. The minimum atomic E-state index is -3.28. The normalized spacial score (nSPS) is 11.1. The summed E-state index contributed by atoms with van der Waals surface area (Å²) < 4.78 is 27.7. The maximum absolute atomic E-state index is 10.7. The van der Waals surface area contributed by atoms with Crippen LogP contribution in [0.4, 0.5) is 4.79 Å². The molecule has 0 aliphatic carbocycles. The summed E-state index contributed by atoms with van der Waals surface area (Å²) in [6.07, 6.45) is -0.923. The zero-order valence-electron chi connectivity index (χ0n) is 6.12. The average molecular weight is 261 g/mol. The molecule has 0 unspecified atom stereocenters. The smallest absolute Gasteiger partial charge is 0.404 e. The Bertz CT molecular complexity index is 239. The summed E-state index contributed by atoms with van der Waals surface area (Å²) in [6.45, 7) is -0.0432. The molecule has 12 heavy (non-hydrogen) atoms. The van der Waals surface area contributed by atoms with E-state index in [-0.39, 0.29) is 17.8 Å². The molecule has 0 aromatic heterocycles. The van der Waals surface area contributed by atoms with Crippen molar-refractivity contribution >= 4 is 32.0 Å². The van der Waals surface area contributed by atoms with Crippen LogP contribution in [0, 0.1) is 0 Å². The molecule has 0 spiro atoms. The van der Waals surface area contributed by atoms with Crippen LogP contribution in [0.1, 0.15) is 0 Å². The van der Waals surface area contributed by atoms with Crippen LogP contribution in [0.2, 0.25) is 0 Å². The van der Waals surface area contributed by atoms with Crippen LogP contribution in [-0.2, 0) is 14.8 Å². The molecule has 0 aromatic carbocycles. The van der Waals surface area contributed by atoms with E-state index >= 15 is 0 Å². The van der Waals surface area contributed by atoms with Gasteiger partial charge in [-0.25, -0.2) is 17.9 Å². The molecule has 0 saturated carbocycles. The van der Waals surface area contributed by atoms with E-state index in [1.165, 1.54) is 0 Å². The van der Waals surface area contributed by atoms with Crippen molar-refractivity contribution in [3.63, 3.8) is 0 Å². The first-order valence-corrected chi connectivity index (χ1v) is 5.71. The summed E-state index contributed by atoms with van der Waals surface area (Å²) in [6, 6.07) is 0. The molecule has 0 aliphatic rings. The second-order valence-electron chi connectivity index (χ2n) is 1.79. The molecule has 0 aliphatic heterocycles. The number of sulfonamides is 1.